The second kappa shape index (κ2) is 7.96. The van der Waals surface area contributed by atoms with Gasteiger partial charge in [-0.2, -0.15) is 0 Å². The minimum atomic E-state index is -1.56. The number of imide groups is 2. The van der Waals surface area contributed by atoms with Gasteiger partial charge in [-0.05, 0) is 30.2 Å². The number of rotatable bonds is 7. The lowest BCUT2D eigenvalue weighted by atomic mass is 9.98. The van der Waals surface area contributed by atoms with Gasteiger partial charge < -0.3 is 9.72 Å². The van der Waals surface area contributed by atoms with Crippen LogP contribution in [-0.4, -0.2) is 53.8 Å². The van der Waals surface area contributed by atoms with Gasteiger partial charge in [0.05, 0.1) is 0 Å². The van der Waals surface area contributed by atoms with Gasteiger partial charge in [-0.3, -0.25) is 24.6 Å². The molecule has 0 saturated carbocycles. The number of allylic oxidation sites excluding steroid dienone is 1. The van der Waals surface area contributed by atoms with Gasteiger partial charge in [0.25, 0.3) is 5.91 Å². The van der Waals surface area contributed by atoms with Crippen LogP contribution in [0.15, 0.2) is 36.5 Å². The molecule has 8 heteroatoms. The predicted octanol–water partition coefficient (Wildman–Crippen LogP) is 1.48. The van der Waals surface area contributed by atoms with Crippen molar-refractivity contribution in [2.24, 2.45) is 5.92 Å². The molecule has 1 aliphatic heterocycles. The summed E-state index contributed by atoms with van der Waals surface area (Å²) in [4.78, 5) is 52.9. The molecule has 4 amide bonds. The summed E-state index contributed by atoms with van der Waals surface area (Å²) < 4.78 is 4.90. The van der Waals surface area contributed by atoms with Crippen LogP contribution in [0.25, 0.3) is 17.0 Å². The van der Waals surface area contributed by atoms with E-state index in [4.69, 9.17) is 4.74 Å². The van der Waals surface area contributed by atoms with Crippen LogP contribution in [0.1, 0.15) is 12.0 Å². The molecule has 27 heavy (non-hydrogen) atoms. The monoisotopic (exact) mass is 369 g/mol. The van der Waals surface area contributed by atoms with Crippen molar-refractivity contribution in [3.63, 3.8) is 0 Å². The van der Waals surface area contributed by atoms with Crippen LogP contribution in [0.4, 0.5) is 4.79 Å². The van der Waals surface area contributed by atoms with E-state index in [-0.39, 0.29) is 6.54 Å². The molecule has 1 saturated heterocycles. The third-order valence-electron chi connectivity index (χ3n) is 4.31. The van der Waals surface area contributed by atoms with E-state index in [1.807, 2.05) is 24.3 Å². The Morgan fingerprint density at radius 3 is 2.81 bits per heavy atom. The number of hydrogen-bond donors (Lipinski definition) is 2. The van der Waals surface area contributed by atoms with Crippen molar-refractivity contribution in [1.82, 2.24) is 15.2 Å². The van der Waals surface area contributed by atoms with Crippen molar-refractivity contribution >= 4 is 40.6 Å². The Morgan fingerprint density at radius 1 is 1.26 bits per heavy atom. The first-order valence-electron chi connectivity index (χ1n) is 8.46. The van der Waals surface area contributed by atoms with E-state index in [2.05, 4.69) is 10.3 Å². The van der Waals surface area contributed by atoms with Crippen LogP contribution in [0.5, 0.6) is 0 Å². The Morgan fingerprint density at radius 2 is 2.04 bits per heavy atom. The Kier molecular flexibility index (Phi) is 5.46. The van der Waals surface area contributed by atoms with Gasteiger partial charge in [0.2, 0.25) is 5.91 Å². The molecule has 0 bridgehead atoms. The van der Waals surface area contributed by atoms with Gasteiger partial charge in [0, 0.05) is 37.4 Å². The molecule has 1 atom stereocenters. The number of carbonyl (C=O) groups excluding carboxylic acids is 4. The SMILES string of the molecule is COCCCN1C(=O)NC(=O)[C@@H](C(=O)/C=C/c2c[nH]c3ccccc23)C1=O. The molecule has 0 aliphatic carbocycles. The largest absolute Gasteiger partial charge is 0.385 e. The topological polar surface area (TPSA) is 109 Å². The van der Waals surface area contributed by atoms with Crippen molar-refractivity contribution in [2.45, 2.75) is 6.42 Å². The van der Waals surface area contributed by atoms with Gasteiger partial charge in [-0.15, -0.1) is 0 Å². The number of nitrogens with one attached hydrogen (secondary N) is 2. The van der Waals surface area contributed by atoms with Crippen LogP contribution in [0.3, 0.4) is 0 Å². The summed E-state index contributed by atoms with van der Waals surface area (Å²) in [6.45, 7) is 0.422. The van der Waals surface area contributed by atoms with Crippen LogP contribution >= 0.6 is 0 Å². The molecular formula is C19H19N3O5. The summed E-state index contributed by atoms with van der Waals surface area (Å²) in [5, 5.41) is 2.98. The summed E-state index contributed by atoms with van der Waals surface area (Å²) in [5.74, 6) is -3.95. The molecular weight excluding hydrogens is 350 g/mol. The third kappa shape index (κ3) is 3.80. The number of nitrogens with zero attached hydrogens (tertiary/aromatic N) is 1. The number of aromatic nitrogens is 1. The molecule has 0 unspecified atom stereocenters. The number of hydrogen-bond acceptors (Lipinski definition) is 5. The number of urea groups is 1. The Labute approximate surface area is 155 Å². The van der Waals surface area contributed by atoms with E-state index >= 15 is 0 Å². The maximum atomic E-state index is 12.5. The maximum absolute atomic E-state index is 12.5. The van der Waals surface area contributed by atoms with Crippen molar-refractivity contribution in [3.8, 4) is 0 Å². The first-order valence-corrected chi connectivity index (χ1v) is 8.46. The lowest BCUT2D eigenvalue weighted by Gasteiger charge is -2.28. The van der Waals surface area contributed by atoms with E-state index in [0.29, 0.717) is 13.0 Å². The number of ether oxygens (including phenoxy) is 1. The first kappa shape index (κ1) is 18.5. The van der Waals surface area contributed by atoms with E-state index in [1.54, 1.807) is 12.3 Å². The van der Waals surface area contributed by atoms with Gasteiger partial charge in [-0.25, -0.2) is 4.79 Å². The number of amides is 4. The molecule has 1 aliphatic rings. The van der Waals surface area contributed by atoms with Crippen molar-refractivity contribution in [2.75, 3.05) is 20.3 Å². The highest BCUT2D eigenvalue weighted by Gasteiger charge is 2.43. The van der Waals surface area contributed by atoms with E-state index in [9.17, 15) is 19.2 Å². The average Bonchev–Trinajstić information content (AvgIpc) is 3.06. The lowest BCUT2D eigenvalue weighted by Crippen LogP contribution is -2.59. The summed E-state index contributed by atoms with van der Waals surface area (Å²) in [7, 11) is 1.50. The molecule has 1 aromatic heterocycles. The van der Waals surface area contributed by atoms with Crippen molar-refractivity contribution in [3.05, 3.63) is 42.1 Å². The zero-order valence-electron chi connectivity index (χ0n) is 14.7. The number of barbiturate groups is 1. The number of fused-ring (bicyclic) bond motifs is 1. The van der Waals surface area contributed by atoms with Gasteiger partial charge >= 0.3 is 6.03 Å². The molecule has 2 heterocycles. The fourth-order valence-corrected chi connectivity index (χ4v) is 2.94. The minimum Gasteiger partial charge on any atom is -0.385 e. The van der Waals surface area contributed by atoms with E-state index < -0.39 is 29.5 Å². The van der Waals surface area contributed by atoms with Crippen molar-refractivity contribution < 1.29 is 23.9 Å². The number of carbonyl (C=O) groups is 4. The summed E-state index contributed by atoms with van der Waals surface area (Å²) in [5.41, 5.74) is 1.67. The molecule has 8 nitrogen and oxygen atoms in total. The summed E-state index contributed by atoms with van der Waals surface area (Å²) in [6, 6.07) is 6.74. The molecule has 1 fully saturated rings. The second-order valence-electron chi connectivity index (χ2n) is 6.09. The highest BCUT2D eigenvalue weighted by atomic mass is 16.5. The fourth-order valence-electron chi connectivity index (χ4n) is 2.94. The molecule has 3 rings (SSSR count). The lowest BCUT2D eigenvalue weighted by molar-refractivity contribution is -0.146. The smallest absolute Gasteiger partial charge is 0.330 e. The molecule has 1 aromatic carbocycles. The zero-order chi connectivity index (χ0) is 19.4. The summed E-state index contributed by atoms with van der Waals surface area (Å²) in [6.07, 6.45) is 4.89. The molecule has 0 spiro atoms. The highest BCUT2D eigenvalue weighted by Crippen LogP contribution is 2.20. The first-order chi connectivity index (χ1) is 13.0. The fraction of sp³-hybridized carbons (Fsp3) is 0.263. The van der Waals surface area contributed by atoms with Gasteiger partial charge in [0.15, 0.2) is 11.7 Å². The van der Waals surface area contributed by atoms with Crippen LogP contribution < -0.4 is 5.32 Å². The number of ketones is 1. The number of methoxy groups -OCH3 is 1. The number of benzene rings is 1. The van der Waals surface area contributed by atoms with Crippen LogP contribution in [0, 0.1) is 5.92 Å². The Hall–Kier alpha value is -3.26. The number of para-hydroxylation sites is 1. The standard InChI is InChI=1S/C19H19N3O5/c1-27-10-4-9-22-18(25)16(17(24)21-19(22)26)15(23)8-7-12-11-20-14-6-3-2-5-13(12)14/h2-3,5-8,11,16,20H,4,9-10H2,1H3,(H,21,24,26)/b8-7+/t16-/m1/s1. The second-order valence-corrected chi connectivity index (χ2v) is 6.09. The zero-order valence-corrected chi connectivity index (χ0v) is 14.7. The van der Waals surface area contributed by atoms with Crippen LogP contribution in [0.2, 0.25) is 0 Å². The summed E-state index contributed by atoms with van der Waals surface area (Å²) >= 11 is 0. The van der Waals surface area contributed by atoms with Crippen LogP contribution in [-0.2, 0) is 19.1 Å². The normalized spacial score (nSPS) is 17.7. The number of aromatic amines is 1. The quantitative estimate of drug-likeness (QED) is 0.437. The Balaban J connectivity index is 1.77. The molecule has 2 N–H and O–H groups in total. The average molecular weight is 369 g/mol. The molecule has 0 radical (unpaired) electrons. The minimum absolute atomic E-state index is 0.0712. The molecule has 2 aromatic rings. The predicted molar refractivity (Wildman–Crippen MR) is 97.6 cm³/mol. The third-order valence-corrected chi connectivity index (χ3v) is 4.31. The van der Waals surface area contributed by atoms with Crippen molar-refractivity contribution in [1.29, 1.82) is 0 Å². The molecule has 140 valence electrons. The maximum Gasteiger partial charge on any atom is 0.330 e. The van der Waals surface area contributed by atoms with E-state index in [1.165, 1.54) is 13.2 Å². The highest BCUT2D eigenvalue weighted by molar-refractivity contribution is 6.29. The van der Waals surface area contributed by atoms with Gasteiger partial charge in [0.1, 0.15) is 0 Å². The van der Waals surface area contributed by atoms with E-state index in [0.717, 1.165) is 21.4 Å². The number of H-pyrrole nitrogens is 1. The van der Waals surface area contributed by atoms with Gasteiger partial charge in [-0.1, -0.05) is 18.2 Å². The Bertz CT molecular complexity index is 930.